The van der Waals surface area contributed by atoms with Gasteiger partial charge in [0.05, 0.1) is 5.69 Å². The highest BCUT2D eigenvalue weighted by Gasteiger charge is 2.31. The molecule has 0 aromatic carbocycles. The zero-order chi connectivity index (χ0) is 9.03. The third kappa shape index (κ3) is 2.04. The van der Waals surface area contributed by atoms with Crippen LogP contribution in [0.1, 0.15) is 12.1 Å². The molecular weight excluding hydrogens is 162 g/mol. The molecule has 0 spiro atoms. The summed E-state index contributed by atoms with van der Waals surface area (Å²) in [5.74, 6) is -2.74. The van der Waals surface area contributed by atoms with E-state index < -0.39 is 5.92 Å². The van der Waals surface area contributed by atoms with Gasteiger partial charge in [-0.1, -0.05) is 0 Å². The average molecular weight is 174 g/mol. The summed E-state index contributed by atoms with van der Waals surface area (Å²) in [4.78, 5) is 2.51. The minimum atomic E-state index is -2.74. The summed E-state index contributed by atoms with van der Waals surface area (Å²) in [6.07, 6.45) is 1.33. The van der Waals surface area contributed by atoms with Crippen LogP contribution in [0.15, 0.2) is 18.3 Å². The summed E-state index contributed by atoms with van der Waals surface area (Å²) < 4.78 is 26.2. The van der Waals surface area contributed by atoms with E-state index in [2.05, 4.69) is 10.3 Å². The molecule has 1 heterocycles. The van der Waals surface area contributed by atoms with Gasteiger partial charge in [0, 0.05) is 19.2 Å². The smallest absolute Gasteiger partial charge is 0.288 e. The largest absolute Gasteiger partial charge is 0.360 e. The van der Waals surface area contributed by atoms with Gasteiger partial charge < -0.3 is 10.3 Å². The van der Waals surface area contributed by atoms with Gasteiger partial charge in [-0.05, 0) is 19.2 Å². The highest BCUT2D eigenvalue weighted by molar-refractivity contribution is 5.10. The lowest BCUT2D eigenvalue weighted by Crippen LogP contribution is -2.21. The van der Waals surface area contributed by atoms with E-state index in [1.165, 1.54) is 12.3 Å². The second-order valence-corrected chi connectivity index (χ2v) is 2.64. The Labute approximate surface area is 70.0 Å². The van der Waals surface area contributed by atoms with Crippen molar-refractivity contribution in [3.63, 3.8) is 0 Å². The molecule has 0 fully saturated rings. The number of rotatable bonds is 4. The highest BCUT2D eigenvalue weighted by atomic mass is 19.3. The second kappa shape index (κ2) is 3.67. The molecule has 0 radical (unpaired) electrons. The van der Waals surface area contributed by atoms with Gasteiger partial charge in [0.2, 0.25) is 0 Å². The molecule has 4 heteroatoms. The van der Waals surface area contributed by atoms with Crippen LogP contribution in [0, 0.1) is 0 Å². The Hall–Kier alpha value is -0.900. The minimum Gasteiger partial charge on any atom is -0.360 e. The Balaban J connectivity index is 2.59. The minimum absolute atomic E-state index is 0.0160. The van der Waals surface area contributed by atoms with E-state index in [-0.39, 0.29) is 12.1 Å². The fraction of sp³-hybridized carbons (Fsp3) is 0.500. The molecule has 0 aliphatic rings. The normalized spacial score (nSPS) is 11.9. The average Bonchev–Trinajstić information content (AvgIpc) is 2.53. The maximum atomic E-state index is 13.1. The molecule has 0 atom stereocenters. The van der Waals surface area contributed by atoms with E-state index in [1.54, 1.807) is 13.1 Å². The summed E-state index contributed by atoms with van der Waals surface area (Å²) in [7, 11) is 1.66. The quantitative estimate of drug-likeness (QED) is 0.714. The van der Waals surface area contributed by atoms with Crippen LogP contribution in [-0.4, -0.2) is 18.6 Å². The lowest BCUT2D eigenvalue weighted by atomic mass is 10.2. The Morgan fingerprint density at radius 1 is 1.58 bits per heavy atom. The number of hydrogen-bond acceptors (Lipinski definition) is 1. The van der Waals surface area contributed by atoms with Crippen LogP contribution in [-0.2, 0) is 5.92 Å². The first-order chi connectivity index (χ1) is 5.67. The zero-order valence-electron chi connectivity index (χ0n) is 6.90. The maximum absolute atomic E-state index is 13.1. The Morgan fingerprint density at radius 3 is 2.83 bits per heavy atom. The predicted molar refractivity (Wildman–Crippen MR) is 43.2 cm³/mol. The van der Waals surface area contributed by atoms with E-state index in [4.69, 9.17) is 0 Å². The fourth-order valence-corrected chi connectivity index (χ4v) is 0.975. The van der Waals surface area contributed by atoms with E-state index in [0.717, 1.165) is 0 Å². The maximum Gasteiger partial charge on any atom is 0.288 e. The van der Waals surface area contributed by atoms with Gasteiger partial charge >= 0.3 is 0 Å². The van der Waals surface area contributed by atoms with Crippen LogP contribution in [0.4, 0.5) is 8.78 Å². The molecule has 2 N–H and O–H groups in total. The van der Waals surface area contributed by atoms with Crippen molar-refractivity contribution in [3.8, 4) is 0 Å². The third-order valence-corrected chi connectivity index (χ3v) is 1.68. The summed E-state index contributed by atoms with van der Waals surface area (Å²) in [6, 6.07) is 2.97. The lowest BCUT2D eigenvalue weighted by molar-refractivity contribution is -0.0162. The SMILES string of the molecule is CNCCC(F)(F)c1ccc[nH]1. The summed E-state index contributed by atoms with van der Waals surface area (Å²) in [5.41, 5.74) is -0.0160. The van der Waals surface area contributed by atoms with Gasteiger partial charge in [0.1, 0.15) is 0 Å². The van der Waals surface area contributed by atoms with Gasteiger partial charge in [0.25, 0.3) is 5.92 Å². The van der Waals surface area contributed by atoms with E-state index in [1.807, 2.05) is 0 Å². The zero-order valence-corrected chi connectivity index (χ0v) is 6.90. The van der Waals surface area contributed by atoms with Gasteiger partial charge in [0.15, 0.2) is 0 Å². The van der Waals surface area contributed by atoms with E-state index in [0.29, 0.717) is 6.54 Å². The number of halogens is 2. The van der Waals surface area contributed by atoms with Crippen molar-refractivity contribution in [2.45, 2.75) is 12.3 Å². The molecule has 0 amide bonds. The standard InChI is InChI=1S/C8H12F2N2/c1-11-6-4-8(9,10)7-3-2-5-12-7/h2-3,5,11-12H,4,6H2,1H3. The number of nitrogens with one attached hydrogen (secondary N) is 2. The van der Waals surface area contributed by atoms with Crippen LogP contribution >= 0.6 is 0 Å². The second-order valence-electron chi connectivity index (χ2n) is 2.64. The molecule has 0 saturated heterocycles. The first-order valence-electron chi connectivity index (χ1n) is 3.83. The lowest BCUT2D eigenvalue weighted by Gasteiger charge is -2.13. The summed E-state index contributed by atoms with van der Waals surface area (Å²) >= 11 is 0. The van der Waals surface area contributed by atoms with Crippen molar-refractivity contribution in [2.75, 3.05) is 13.6 Å². The van der Waals surface area contributed by atoms with E-state index in [9.17, 15) is 8.78 Å². The topological polar surface area (TPSA) is 27.8 Å². The molecule has 1 aromatic rings. The Bertz CT molecular complexity index is 219. The predicted octanol–water partition coefficient (Wildman–Crippen LogP) is 1.72. The van der Waals surface area contributed by atoms with Crippen LogP contribution in [0.2, 0.25) is 0 Å². The van der Waals surface area contributed by atoms with E-state index >= 15 is 0 Å². The van der Waals surface area contributed by atoms with Crippen LogP contribution in [0.25, 0.3) is 0 Å². The number of alkyl halides is 2. The van der Waals surface area contributed by atoms with Gasteiger partial charge in [-0.3, -0.25) is 0 Å². The molecular formula is C8H12F2N2. The van der Waals surface area contributed by atoms with Gasteiger partial charge in [-0.25, -0.2) is 0 Å². The number of aromatic nitrogens is 1. The molecule has 1 aromatic heterocycles. The van der Waals surface area contributed by atoms with Crippen molar-refractivity contribution in [1.29, 1.82) is 0 Å². The first kappa shape index (κ1) is 9.19. The molecule has 0 saturated carbocycles. The molecule has 68 valence electrons. The fourth-order valence-electron chi connectivity index (χ4n) is 0.975. The first-order valence-corrected chi connectivity index (χ1v) is 3.83. The Morgan fingerprint density at radius 2 is 2.33 bits per heavy atom. The summed E-state index contributed by atoms with van der Waals surface area (Å²) in [6.45, 7) is 0.312. The highest BCUT2D eigenvalue weighted by Crippen LogP contribution is 2.29. The van der Waals surface area contributed by atoms with Gasteiger partial charge in [-0.2, -0.15) is 8.78 Å². The molecule has 1 rings (SSSR count). The monoisotopic (exact) mass is 174 g/mol. The molecule has 12 heavy (non-hydrogen) atoms. The molecule has 0 bridgehead atoms. The number of aromatic amines is 1. The van der Waals surface area contributed by atoms with Crippen molar-refractivity contribution in [2.24, 2.45) is 0 Å². The van der Waals surface area contributed by atoms with Crippen molar-refractivity contribution >= 4 is 0 Å². The molecule has 0 unspecified atom stereocenters. The van der Waals surface area contributed by atoms with Crippen molar-refractivity contribution < 1.29 is 8.78 Å². The van der Waals surface area contributed by atoms with Crippen molar-refractivity contribution in [1.82, 2.24) is 10.3 Å². The third-order valence-electron chi connectivity index (χ3n) is 1.68. The summed E-state index contributed by atoms with van der Waals surface area (Å²) in [5, 5.41) is 2.69. The van der Waals surface area contributed by atoms with Crippen LogP contribution in [0.3, 0.4) is 0 Å². The Kier molecular flexibility index (Phi) is 2.81. The van der Waals surface area contributed by atoms with Crippen LogP contribution < -0.4 is 5.32 Å². The van der Waals surface area contributed by atoms with Gasteiger partial charge in [-0.15, -0.1) is 0 Å². The molecule has 0 aliphatic heterocycles. The molecule has 0 aliphatic carbocycles. The molecule has 2 nitrogen and oxygen atoms in total. The van der Waals surface area contributed by atoms with Crippen LogP contribution in [0.5, 0.6) is 0 Å². The number of hydrogen-bond donors (Lipinski definition) is 2. The number of H-pyrrole nitrogens is 1. The van der Waals surface area contributed by atoms with Crippen molar-refractivity contribution in [3.05, 3.63) is 24.0 Å².